The SMILES string of the molecule is CCc1c(C#N)cnc(N(C)C)c1C#N. The molecule has 0 saturated heterocycles. The molecule has 0 aliphatic rings. The molecule has 1 heterocycles. The lowest BCUT2D eigenvalue weighted by Gasteiger charge is -2.15. The maximum Gasteiger partial charge on any atom is 0.146 e. The molecule has 0 saturated carbocycles. The summed E-state index contributed by atoms with van der Waals surface area (Å²) in [5.41, 5.74) is 1.76. The van der Waals surface area contributed by atoms with Gasteiger partial charge in [0.1, 0.15) is 18.0 Å². The smallest absolute Gasteiger partial charge is 0.146 e. The van der Waals surface area contributed by atoms with Crippen LogP contribution < -0.4 is 4.90 Å². The maximum absolute atomic E-state index is 9.07. The maximum atomic E-state index is 9.07. The van der Waals surface area contributed by atoms with E-state index in [0.717, 1.165) is 5.56 Å². The highest BCUT2D eigenvalue weighted by Gasteiger charge is 2.14. The second kappa shape index (κ2) is 4.43. The number of rotatable bonds is 2. The van der Waals surface area contributed by atoms with E-state index in [1.807, 2.05) is 21.0 Å². The zero-order valence-corrected chi connectivity index (χ0v) is 9.07. The van der Waals surface area contributed by atoms with Gasteiger partial charge in [-0.05, 0) is 12.0 Å². The predicted octanol–water partition coefficient (Wildman–Crippen LogP) is 1.45. The monoisotopic (exact) mass is 200 g/mol. The second-order valence-electron chi connectivity index (χ2n) is 3.32. The largest absolute Gasteiger partial charge is 0.362 e. The molecule has 0 spiro atoms. The van der Waals surface area contributed by atoms with Crippen LogP contribution in [0.1, 0.15) is 23.6 Å². The molecule has 0 amide bonds. The minimum Gasteiger partial charge on any atom is -0.362 e. The molecule has 0 fully saturated rings. The molecule has 0 aromatic carbocycles. The van der Waals surface area contributed by atoms with Crippen LogP contribution in [-0.4, -0.2) is 19.1 Å². The first kappa shape index (κ1) is 11.0. The van der Waals surface area contributed by atoms with Gasteiger partial charge in [0, 0.05) is 20.3 Å². The van der Waals surface area contributed by atoms with Gasteiger partial charge in [0.15, 0.2) is 0 Å². The van der Waals surface area contributed by atoms with Crippen LogP contribution in [0.3, 0.4) is 0 Å². The van der Waals surface area contributed by atoms with Crippen molar-refractivity contribution in [3.8, 4) is 12.1 Å². The van der Waals surface area contributed by atoms with Crippen molar-refractivity contribution >= 4 is 5.82 Å². The number of anilines is 1. The van der Waals surface area contributed by atoms with Crippen molar-refractivity contribution in [1.82, 2.24) is 4.98 Å². The molecule has 0 radical (unpaired) electrons. The van der Waals surface area contributed by atoms with Crippen molar-refractivity contribution in [2.75, 3.05) is 19.0 Å². The Morgan fingerprint density at radius 3 is 2.40 bits per heavy atom. The van der Waals surface area contributed by atoms with Crippen molar-refractivity contribution < 1.29 is 0 Å². The molecule has 1 rings (SSSR count). The number of nitrogens with zero attached hydrogens (tertiary/aromatic N) is 4. The molecule has 0 aliphatic carbocycles. The molecule has 0 atom stereocenters. The fourth-order valence-electron chi connectivity index (χ4n) is 1.46. The van der Waals surface area contributed by atoms with Crippen LogP contribution in [-0.2, 0) is 6.42 Å². The van der Waals surface area contributed by atoms with E-state index in [-0.39, 0.29) is 0 Å². The van der Waals surface area contributed by atoms with Crippen LogP contribution in [0.2, 0.25) is 0 Å². The highest BCUT2D eigenvalue weighted by molar-refractivity contribution is 5.60. The van der Waals surface area contributed by atoms with Crippen LogP contribution in [0.5, 0.6) is 0 Å². The summed E-state index contributed by atoms with van der Waals surface area (Å²) < 4.78 is 0. The highest BCUT2D eigenvalue weighted by Crippen LogP contribution is 2.22. The quantitative estimate of drug-likeness (QED) is 0.724. The van der Waals surface area contributed by atoms with Crippen molar-refractivity contribution in [2.45, 2.75) is 13.3 Å². The summed E-state index contributed by atoms with van der Waals surface area (Å²) >= 11 is 0. The number of pyridine rings is 1. The summed E-state index contributed by atoms with van der Waals surface area (Å²) in [6.07, 6.45) is 2.18. The summed E-state index contributed by atoms with van der Waals surface area (Å²) in [4.78, 5) is 5.89. The number of hydrogen-bond acceptors (Lipinski definition) is 4. The molecule has 0 N–H and O–H groups in total. The van der Waals surface area contributed by atoms with Crippen molar-refractivity contribution in [3.05, 3.63) is 22.9 Å². The fraction of sp³-hybridized carbons (Fsp3) is 0.364. The van der Waals surface area contributed by atoms with E-state index in [9.17, 15) is 0 Å². The summed E-state index contributed by atoms with van der Waals surface area (Å²) in [7, 11) is 3.66. The standard InChI is InChI=1S/C11H12N4/c1-4-9-8(5-12)7-14-11(15(2)3)10(9)6-13/h7H,4H2,1-3H3. The molecule has 1 aromatic heterocycles. The summed E-state index contributed by atoms with van der Waals surface area (Å²) in [6.45, 7) is 1.93. The van der Waals surface area contributed by atoms with Gasteiger partial charge in [0.25, 0.3) is 0 Å². The Balaban J connectivity index is 3.52. The molecule has 4 heteroatoms. The predicted molar refractivity (Wildman–Crippen MR) is 57.4 cm³/mol. The van der Waals surface area contributed by atoms with E-state index < -0.39 is 0 Å². The van der Waals surface area contributed by atoms with Crippen LogP contribution in [0.15, 0.2) is 6.20 Å². The second-order valence-corrected chi connectivity index (χ2v) is 3.32. The van der Waals surface area contributed by atoms with E-state index >= 15 is 0 Å². The number of hydrogen-bond donors (Lipinski definition) is 0. The van der Waals surface area contributed by atoms with Crippen LogP contribution in [0.25, 0.3) is 0 Å². The van der Waals surface area contributed by atoms with Crippen molar-refractivity contribution in [2.24, 2.45) is 0 Å². The van der Waals surface area contributed by atoms with Crippen molar-refractivity contribution in [1.29, 1.82) is 10.5 Å². The normalized spacial score (nSPS) is 9.13. The fourth-order valence-corrected chi connectivity index (χ4v) is 1.46. The van der Waals surface area contributed by atoms with Gasteiger partial charge in [-0.1, -0.05) is 6.92 Å². The lowest BCUT2D eigenvalue weighted by Crippen LogP contribution is -2.14. The number of nitriles is 2. The molecular formula is C11H12N4. The molecule has 76 valence electrons. The van der Waals surface area contributed by atoms with Gasteiger partial charge in [0.2, 0.25) is 0 Å². The zero-order chi connectivity index (χ0) is 11.4. The van der Waals surface area contributed by atoms with Gasteiger partial charge >= 0.3 is 0 Å². The molecule has 0 aliphatic heterocycles. The van der Waals surface area contributed by atoms with Gasteiger partial charge in [0.05, 0.1) is 11.1 Å². The average molecular weight is 200 g/mol. The molecule has 4 nitrogen and oxygen atoms in total. The third-order valence-electron chi connectivity index (χ3n) is 2.18. The summed E-state index contributed by atoms with van der Waals surface area (Å²) in [5.74, 6) is 0.619. The van der Waals surface area contributed by atoms with Gasteiger partial charge in [-0.3, -0.25) is 0 Å². The summed E-state index contributed by atoms with van der Waals surface area (Å²) in [5, 5.41) is 18.0. The Bertz CT molecular complexity index is 449. The third-order valence-corrected chi connectivity index (χ3v) is 2.18. The molecular weight excluding hydrogens is 188 g/mol. The Labute approximate surface area is 89.4 Å². The zero-order valence-electron chi connectivity index (χ0n) is 9.07. The lowest BCUT2D eigenvalue weighted by atomic mass is 10.0. The van der Waals surface area contributed by atoms with Gasteiger partial charge < -0.3 is 4.90 Å². The first-order chi connectivity index (χ1) is 7.15. The summed E-state index contributed by atoms with van der Waals surface area (Å²) in [6, 6.07) is 4.17. The first-order valence-electron chi connectivity index (χ1n) is 4.65. The Kier molecular flexibility index (Phi) is 3.25. The number of aromatic nitrogens is 1. The average Bonchev–Trinajstić information content (AvgIpc) is 2.26. The van der Waals surface area contributed by atoms with E-state index in [0.29, 0.717) is 23.4 Å². The first-order valence-corrected chi connectivity index (χ1v) is 4.65. The topological polar surface area (TPSA) is 63.7 Å². The van der Waals surface area contributed by atoms with E-state index in [1.165, 1.54) is 6.20 Å². The Morgan fingerprint density at radius 1 is 1.33 bits per heavy atom. The third kappa shape index (κ3) is 1.89. The molecule has 15 heavy (non-hydrogen) atoms. The molecule has 1 aromatic rings. The van der Waals surface area contributed by atoms with E-state index in [2.05, 4.69) is 17.1 Å². The highest BCUT2D eigenvalue weighted by atomic mass is 15.1. The minimum atomic E-state index is 0.486. The Morgan fingerprint density at radius 2 is 2.00 bits per heavy atom. The van der Waals surface area contributed by atoms with Crippen LogP contribution in [0, 0.1) is 22.7 Å². The van der Waals surface area contributed by atoms with Crippen LogP contribution >= 0.6 is 0 Å². The van der Waals surface area contributed by atoms with Gasteiger partial charge in [-0.25, -0.2) is 4.98 Å². The van der Waals surface area contributed by atoms with Crippen molar-refractivity contribution in [3.63, 3.8) is 0 Å². The van der Waals surface area contributed by atoms with Gasteiger partial charge in [-0.15, -0.1) is 0 Å². The molecule has 0 unspecified atom stereocenters. The van der Waals surface area contributed by atoms with Crippen LogP contribution in [0.4, 0.5) is 5.82 Å². The van der Waals surface area contributed by atoms with E-state index in [4.69, 9.17) is 10.5 Å². The van der Waals surface area contributed by atoms with Gasteiger partial charge in [-0.2, -0.15) is 10.5 Å². The molecule has 0 bridgehead atoms. The Hall–Kier alpha value is -2.07. The lowest BCUT2D eigenvalue weighted by molar-refractivity contribution is 1.02. The van der Waals surface area contributed by atoms with E-state index in [1.54, 1.807) is 4.90 Å². The minimum absolute atomic E-state index is 0.486.